The normalized spacial score (nSPS) is 69.0. The van der Waals surface area contributed by atoms with Gasteiger partial charge in [0.2, 0.25) is 0 Å². The Morgan fingerprint density at radius 3 is 2.50 bits per heavy atom. The van der Waals surface area contributed by atoms with Crippen molar-refractivity contribution in [2.24, 2.45) is 29.1 Å². The number of hydrogen-bond acceptors (Lipinski definition) is 0. The second-order valence-corrected chi connectivity index (χ2v) is 4.83. The van der Waals surface area contributed by atoms with Gasteiger partial charge in [0.25, 0.3) is 0 Å². The van der Waals surface area contributed by atoms with Gasteiger partial charge in [0.05, 0.1) is 0 Å². The lowest BCUT2D eigenvalue weighted by atomic mass is 9.99. The first-order valence-electron chi connectivity index (χ1n) is 4.78. The van der Waals surface area contributed by atoms with Gasteiger partial charge in [0.15, 0.2) is 0 Å². The first-order chi connectivity index (χ1) is 4.78. The molecule has 5 unspecified atom stereocenters. The van der Waals surface area contributed by atoms with Crippen LogP contribution in [0.4, 0.5) is 0 Å². The van der Waals surface area contributed by atoms with E-state index < -0.39 is 0 Å². The van der Waals surface area contributed by atoms with Gasteiger partial charge in [0.1, 0.15) is 0 Å². The third-order valence-corrected chi connectivity index (χ3v) is 4.69. The van der Waals surface area contributed by atoms with E-state index in [4.69, 9.17) is 0 Å². The minimum atomic E-state index is 0.861. The summed E-state index contributed by atoms with van der Waals surface area (Å²) in [5, 5.41) is 0. The Bertz CT molecular complexity index is 178. The van der Waals surface area contributed by atoms with Crippen molar-refractivity contribution in [3.05, 3.63) is 0 Å². The van der Waals surface area contributed by atoms with E-state index in [0.717, 1.165) is 11.3 Å². The minimum Gasteiger partial charge on any atom is -0.0651 e. The fraction of sp³-hybridized carbons (Fsp3) is 1.00. The lowest BCUT2D eigenvalue weighted by Gasteiger charge is -2.05. The van der Waals surface area contributed by atoms with Gasteiger partial charge in [-0.25, -0.2) is 0 Å². The standard InChI is InChI=1S/C10H16/c1-3-7-9-5-6-4-8(6)10(7,9)2/h6-9H,3-5H2,1-2H3. The van der Waals surface area contributed by atoms with E-state index in [0.29, 0.717) is 0 Å². The van der Waals surface area contributed by atoms with E-state index in [1.807, 2.05) is 0 Å². The molecule has 0 aromatic rings. The van der Waals surface area contributed by atoms with Crippen molar-refractivity contribution in [3.63, 3.8) is 0 Å². The van der Waals surface area contributed by atoms with Gasteiger partial charge in [-0.3, -0.25) is 0 Å². The maximum absolute atomic E-state index is 2.55. The maximum Gasteiger partial charge on any atom is -0.0232 e. The highest BCUT2D eigenvalue weighted by Crippen LogP contribution is 2.81. The summed E-state index contributed by atoms with van der Waals surface area (Å²) in [7, 11) is 0. The highest BCUT2D eigenvalue weighted by Gasteiger charge is 2.74. The zero-order valence-electron chi connectivity index (χ0n) is 6.93. The smallest absolute Gasteiger partial charge is 0.0232 e. The average Bonchev–Trinajstić information content (AvgIpc) is 2.74. The number of hydrogen-bond donors (Lipinski definition) is 0. The molecule has 0 saturated heterocycles. The molecule has 3 rings (SSSR count). The summed E-state index contributed by atoms with van der Waals surface area (Å²) in [6, 6.07) is 0. The predicted molar refractivity (Wildman–Crippen MR) is 41.6 cm³/mol. The van der Waals surface area contributed by atoms with Gasteiger partial charge in [-0.2, -0.15) is 0 Å². The molecule has 3 aliphatic carbocycles. The molecule has 0 heteroatoms. The van der Waals surface area contributed by atoms with Crippen LogP contribution >= 0.6 is 0 Å². The molecule has 0 aliphatic heterocycles. The fourth-order valence-electron chi connectivity index (χ4n) is 4.01. The molecular weight excluding hydrogens is 120 g/mol. The Labute approximate surface area is 63.0 Å². The summed E-state index contributed by atoms with van der Waals surface area (Å²) in [4.78, 5) is 0. The van der Waals surface area contributed by atoms with Crippen molar-refractivity contribution in [1.82, 2.24) is 0 Å². The quantitative estimate of drug-likeness (QED) is 0.520. The van der Waals surface area contributed by atoms with Crippen molar-refractivity contribution in [1.29, 1.82) is 0 Å². The van der Waals surface area contributed by atoms with Gasteiger partial charge in [-0.05, 0) is 41.9 Å². The second-order valence-electron chi connectivity index (χ2n) is 4.83. The van der Waals surface area contributed by atoms with Crippen LogP contribution in [0.15, 0.2) is 0 Å². The Morgan fingerprint density at radius 1 is 1.30 bits per heavy atom. The highest BCUT2D eigenvalue weighted by atomic mass is 14.8. The van der Waals surface area contributed by atoms with Crippen LogP contribution in [0.3, 0.4) is 0 Å². The molecule has 0 bridgehead atoms. The lowest BCUT2D eigenvalue weighted by Crippen LogP contribution is -1.99. The van der Waals surface area contributed by atoms with Crippen molar-refractivity contribution in [3.8, 4) is 0 Å². The van der Waals surface area contributed by atoms with Crippen LogP contribution in [0.5, 0.6) is 0 Å². The van der Waals surface area contributed by atoms with Gasteiger partial charge in [-0.15, -0.1) is 0 Å². The maximum atomic E-state index is 2.55. The first-order valence-corrected chi connectivity index (χ1v) is 4.78. The molecule has 0 aromatic heterocycles. The van der Waals surface area contributed by atoms with Crippen molar-refractivity contribution >= 4 is 0 Å². The van der Waals surface area contributed by atoms with Gasteiger partial charge >= 0.3 is 0 Å². The SMILES string of the molecule is CCC1C2CC3CC3C12C. The Balaban J connectivity index is 1.89. The molecule has 0 radical (unpaired) electrons. The lowest BCUT2D eigenvalue weighted by molar-refractivity contribution is 0.426. The van der Waals surface area contributed by atoms with Crippen LogP contribution in [0.1, 0.15) is 33.1 Å². The van der Waals surface area contributed by atoms with Crippen LogP contribution in [-0.2, 0) is 0 Å². The molecule has 0 heterocycles. The molecule has 3 aliphatic rings. The van der Waals surface area contributed by atoms with E-state index in [1.165, 1.54) is 24.2 Å². The predicted octanol–water partition coefficient (Wildman–Crippen LogP) is 2.69. The molecule has 3 fully saturated rings. The van der Waals surface area contributed by atoms with Crippen LogP contribution in [0, 0.1) is 29.1 Å². The molecule has 3 saturated carbocycles. The first kappa shape index (κ1) is 5.62. The van der Waals surface area contributed by atoms with E-state index in [1.54, 1.807) is 12.8 Å². The molecule has 56 valence electrons. The third kappa shape index (κ3) is 0.383. The number of rotatable bonds is 1. The monoisotopic (exact) mass is 136 g/mol. The van der Waals surface area contributed by atoms with E-state index in [2.05, 4.69) is 13.8 Å². The summed E-state index contributed by atoms with van der Waals surface area (Å²) < 4.78 is 0. The van der Waals surface area contributed by atoms with Crippen molar-refractivity contribution < 1.29 is 0 Å². The van der Waals surface area contributed by atoms with E-state index in [9.17, 15) is 0 Å². The minimum absolute atomic E-state index is 0.861. The fourth-order valence-corrected chi connectivity index (χ4v) is 4.01. The van der Waals surface area contributed by atoms with Crippen LogP contribution in [0.2, 0.25) is 0 Å². The molecule has 0 amide bonds. The van der Waals surface area contributed by atoms with Crippen LogP contribution in [0.25, 0.3) is 0 Å². The summed E-state index contributed by atoms with van der Waals surface area (Å²) in [5.41, 5.74) is 0.861. The van der Waals surface area contributed by atoms with Gasteiger partial charge in [0, 0.05) is 0 Å². The molecule has 10 heavy (non-hydrogen) atoms. The van der Waals surface area contributed by atoms with Crippen LogP contribution in [-0.4, -0.2) is 0 Å². The second kappa shape index (κ2) is 1.31. The molecule has 0 N–H and O–H groups in total. The molecule has 0 aromatic carbocycles. The van der Waals surface area contributed by atoms with Gasteiger partial charge in [-0.1, -0.05) is 20.3 Å². The molecule has 0 nitrogen and oxygen atoms in total. The average molecular weight is 136 g/mol. The Kier molecular flexibility index (Phi) is 0.735. The summed E-state index contributed by atoms with van der Waals surface area (Å²) >= 11 is 0. The van der Waals surface area contributed by atoms with E-state index in [-0.39, 0.29) is 0 Å². The largest absolute Gasteiger partial charge is 0.0651 e. The highest BCUT2D eigenvalue weighted by molar-refractivity contribution is 5.22. The summed E-state index contributed by atoms with van der Waals surface area (Å²) in [6.45, 7) is 4.91. The third-order valence-electron chi connectivity index (χ3n) is 4.69. The zero-order chi connectivity index (χ0) is 6.93. The summed E-state index contributed by atoms with van der Waals surface area (Å²) in [5.74, 6) is 4.68. The van der Waals surface area contributed by atoms with Crippen molar-refractivity contribution in [2.75, 3.05) is 0 Å². The molecule has 5 atom stereocenters. The number of fused-ring (bicyclic) bond motifs is 3. The zero-order valence-corrected chi connectivity index (χ0v) is 6.93. The molecule has 0 spiro atoms. The van der Waals surface area contributed by atoms with E-state index >= 15 is 0 Å². The van der Waals surface area contributed by atoms with Gasteiger partial charge < -0.3 is 0 Å². The van der Waals surface area contributed by atoms with Crippen molar-refractivity contribution in [2.45, 2.75) is 33.1 Å². The molecular formula is C10H16. The Hall–Kier alpha value is 0. The van der Waals surface area contributed by atoms with Crippen LogP contribution < -0.4 is 0 Å². The topological polar surface area (TPSA) is 0 Å². The summed E-state index contributed by atoms with van der Waals surface area (Å²) in [6.07, 6.45) is 4.63. The Morgan fingerprint density at radius 2 is 2.00 bits per heavy atom.